The van der Waals surface area contributed by atoms with Crippen molar-refractivity contribution in [2.45, 2.75) is 50.6 Å². The number of hydrogen-bond acceptors (Lipinski definition) is 7. The average molecular weight is 524 g/mol. The fourth-order valence-corrected chi connectivity index (χ4v) is 6.04. The molecule has 1 saturated carbocycles. The maximum Gasteiger partial charge on any atom is 0.227 e. The van der Waals surface area contributed by atoms with Crippen molar-refractivity contribution < 1.29 is 14.3 Å². The third-order valence-electron chi connectivity index (χ3n) is 8.34. The first kappa shape index (κ1) is 25.2. The van der Waals surface area contributed by atoms with Crippen molar-refractivity contribution in [3.8, 4) is 22.8 Å². The molecule has 1 aliphatic heterocycles. The van der Waals surface area contributed by atoms with Crippen molar-refractivity contribution in [3.63, 3.8) is 0 Å². The van der Waals surface area contributed by atoms with E-state index in [1.807, 2.05) is 24.3 Å². The molecule has 2 aliphatic rings. The number of aryl methyl sites for hydroxylation is 1. The van der Waals surface area contributed by atoms with Crippen LogP contribution in [0.2, 0.25) is 0 Å². The molecular weight excluding hydrogens is 490 g/mol. The van der Waals surface area contributed by atoms with Gasteiger partial charge in [0.05, 0.1) is 26.1 Å². The van der Waals surface area contributed by atoms with Crippen molar-refractivity contribution in [3.05, 3.63) is 72.4 Å². The van der Waals surface area contributed by atoms with Crippen LogP contribution in [0, 0.1) is 5.41 Å². The van der Waals surface area contributed by atoms with E-state index in [0.717, 1.165) is 24.8 Å². The van der Waals surface area contributed by atoms with E-state index in [0.29, 0.717) is 40.6 Å². The Hall–Kier alpha value is -4.04. The van der Waals surface area contributed by atoms with Gasteiger partial charge in [-0.05, 0) is 60.9 Å². The van der Waals surface area contributed by atoms with Crippen LogP contribution in [-0.2, 0) is 11.2 Å². The third kappa shape index (κ3) is 4.81. The van der Waals surface area contributed by atoms with E-state index >= 15 is 0 Å². The molecule has 200 valence electrons. The normalized spacial score (nSPS) is 23.0. The number of amides is 1. The average Bonchev–Trinajstić information content (AvgIpc) is 3.81. The molecule has 2 unspecified atom stereocenters. The molecule has 1 spiro atoms. The summed E-state index contributed by atoms with van der Waals surface area (Å²) in [5, 5.41) is 6.59. The van der Waals surface area contributed by atoms with Gasteiger partial charge in [-0.2, -0.15) is 0 Å². The molecule has 0 bridgehead atoms. The number of methoxy groups -OCH3 is 2. The van der Waals surface area contributed by atoms with E-state index < -0.39 is 0 Å². The molecule has 3 heterocycles. The highest BCUT2D eigenvalue weighted by molar-refractivity contribution is 5.92. The van der Waals surface area contributed by atoms with E-state index in [-0.39, 0.29) is 22.9 Å². The van der Waals surface area contributed by atoms with E-state index in [4.69, 9.17) is 14.5 Å². The minimum atomic E-state index is -0.0478. The monoisotopic (exact) mass is 523 g/mol. The number of aromatic nitrogens is 3. The van der Waals surface area contributed by atoms with E-state index in [1.54, 1.807) is 26.5 Å². The summed E-state index contributed by atoms with van der Waals surface area (Å²) in [7, 11) is 3.19. The van der Waals surface area contributed by atoms with Crippen molar-refractivity contribution in [2.24, 2.45) is 5.41 Å². The van der Waals surface area contributed by atoms with Gasteiger partial charge in [-0.25, -0.2) is 9.97 Å². The minimum absolute atomic E-state index is 0.0478. The second-order valence-electron chi connectivity index (χ2n) is 10.8. The number of carbonyl (C=O) groups is 1. The first-order valence-electron chi connectivity index (χ1n) is 13.4. The first-order valence-corrected chi connectivity index (χ1v) is 13.4. The third-order valence-corrected chi connectivity index (χ3v) is 8.34. The predicted octanol–water partition coefficient (Wildman–Crippen LogP) is 5.18. The summed E-state index contributed by atoms with van der Waals surface area (Å²) >= 11 is 0. The number of carbonyl (C=O) groups excluding carboxylic acids is 1. The van der Waals surface area contributed by atoms with Gasteiger partial charge in [-0.3, -0.25) is 9.78 Å². The number of pyridine rings is 1. The second-order valence-corrected chi connectivity index (χ2v) is 10.8. The fraction of sp³-hybridized carbons (Fsp3) is 0.355. The molecule has 2 N–H and O–H groups in total. The van der Waals surface area contributed by atoms with Crippen LogP contribution in [0.1, 0.15) is 38.2 Å². The van der Waals surface area contributed by atoms with Gasteiger partial charge < -0.3 is 20.1 Å². The Morgan fingerprint density at radius 3 is 2.69 bits per heavy atom. The van der Waals surface area contributed by atoms with Crippen molar-refractivity contribution in [1.29, 1.82) is 0 Å². The van der Waals surface area contributed by atoms with Gasteiger partial charge in [0.2, 0.25) is 5.91 Å². The lowest BCUT2D eigenvalue weighted by molar-refractivity contribution is -0.116. The highest BCUT2D eigenvalue weighted by Crippen LogP contribution is 2.68. The number of anilines is 1. The zero-order valence-corrected chi connectivity index (χ0v) is 22.5. The summed E-state index contributed by atoms with van der Waals surface area (Å²) in [4.78, 5) is 26.7. The Labute approximate surface area is 228 Å². The standard InChI is InChI=1S/C31H33N5O3/c1-30(16-8-11-20-9-5-4-6-10-20)19-31(30)25(36-31)17-27(37)34-26-15-14-22-29(35-26)33-23(18-32-22)21-12-7-13-24(38-2)28(21)39-3/h4-7,9-10,12-15,18,25,36H,8,11,16-17,19H2,1-3H3,(H,33,34,35,37)/t25?,30-,31?/m0/s1. The van der Waals surface area contributed by atoms with Crippen LogP contribution >= 0.6 is 0 Å². The lowest BCUT2D eigenvalue weighted by atomic mass is 9.95. The van der Waals surface area contributed by atoms with Crippen LogP contribution in [0.15, 0.2) is 66.9 Å². The van der Waals surface area contributed by atoms with Crippen molar-refractivity contribution >= 4 is 22.9 Å². The van der Waals surface area contributed by atoms with Gasteiger partial charge in [0.1, 0.15) is 11.3 Å². The molecule has 8 heteroatoms. The number of rotatable bonds is 10. The summed E-state index contributed by atoms with van der Waals surface area (Å²) in [6.45, 7) is 2.35. The molecule has 1 aliphatic carbocycles. The van der Waals surface area contributed by atoms with Gasteiger partial charge >= 0.3 is 0 Å². The molecule has 1 amide bonds. The highest BCUT2D eigenvalue weighted by atomic mass is 16.5. The Bertz CT molecular complexity index is 1530. The van der Waals surface area contributed by atoms with Crippen LogP contribution in [-0.4, -0.2) is 46.7 Å². The first-order chi connectivity index (χ1) is 18.9. The maximum absolute atomic E-state index is 12.9. The van der Waals surface area contributed by atoms with Gasteiger partial charge in [0.25, 0.3) is 0 Å². The van der Waals surface area contributed by atoms with Crippen molar-refractivity contribution in [2.75, 3.05) is 19.5 Å². The molecular formula is C31H33N5O3. The number of para-hydroxylation sites is 1. The number of fused-ring (bicyclic) bond motifs is 1. The maximum atomic E-state index is 12.9. The van der Waals surface area contributed by atoms with Gasteiger partial charge in [0, 0.05) is 23.6 Å². The predicted molar refractivity (Wildman–Crippen MR) is 151 cm³/mol. The summed E-state index contributed by atoms with van der Waals surface area (Å²) in [6, 6.07) is 20.0. The van der Waals surface area contributed by atoms with E-state index in [2.05, 4.69) is 57.9 Å². The van der Waals surface area contributed by atoms with E-state index in [1.165, 1.54) is 12.0 Å². The van der Waals surface area contributed by atoms with Crippen LogP contribution < -0.4 is 20.1 Å². The zero-order valence-electron chi connectivity index (χ0n) is 22.5. The molecule has 0 radical (unpaired) electrons. The molecule has 4 aromatic rings. The SMILES string of the molecule is COc1cccc(-c2cnc3ccc(NC(=O)CC4NC45C[C@]5(C)CCCc4ccccc4)nc3n2)c1OC. The highest BCUT2D eigenvalue weighted by Gasteiger charge is 2.76. The Morgan fingerprint density at radius 2 is 1.90 bits per heavy atom. The molecule has 2 aromatic carbocycles. The lowest BCUT2D eigenvalue weighted by Crippen LogP contribution is -2.17. The Kier molecular flexibility index (Phi) is 6.43. The number of hydrogen-bond donors (Lipinski definition) is 2. The molecule has 3 atom stereocenters. The Morgan fingerprint density at radius 1 is 1.05 bits per heavy atom. The van der Waals surface area contributed by atoms with Crippen LogP contribution in [0.4, 0.5) is 5.82 Å². The molecule has 2 fully saturated rings. The Balaban J connectivity index is 1.08. The quantitative estimate of drug-likeness (QED) is 0.276. The molecule has 8 nitrogen and oxygen atoms in total. The topological polar surface area (TPSA) is 108 Å². The minimum Gasteiger partial charge on any atom is -0.493 e. The van der Waals surface area contributed by atoms with Gasteiger partial charge in [-0.1, -0.05) is 43.3 Å². The number of benzene rings is 2. The number of nitrogens with one attached hydrogen (secondary N) is 2. The van der Waals surface area contributed by atoms with E-state index in [9.17, 15) is 4.79 Å². The lowest BCUT2D eigenvalue weighted by Gasteiger charge is -2.12. The summed E-state index contributed by atoms with van der Waals surface area (Å²) < 4.78 is 11.0. The van der Waals surface area contributed by atoms with Crippen LogP contribution in [0.25, 0.3) is 22.4 Å². The number of ether oxygens (including phenoxy) is 2. The summed E-state index contributed by atoms with van der Waals surface area (Å²) in [6.07, 6.45) is 6.67. The largest absolute Gasteiger partial charge is 0.493 e. The van der Waals surface area contributed by atoms with Gasteiger partial charge in [0.15, 0.2) is 17.1 Å². The van der Waals surface area contributed by atoms with Gasteiger partial charge in [-0.15, -0.1) is 0 Å². The van der Waals surface area contributed by atoms with Crippen LogP contribution in [0.3, 0.4) is 0 Å². The van der Waals surface area contributed by atoms with Crippen LogP contribution in [0.5, 0.6) is 11.5 Å². The zero-order chi connectivity index (χ0) is 27.0. The summed E-state index contributed by atoms with van der Waals surface area (Å²) in [5.74, 6) is 1.61. The fourth-order valence-electron chi connectivity index (χ4n) is 6.04. The molecule has 1 saturated heterocycles. The van der Waals surface area contributed by atoms with Crippen molar-refractivity contribution in [1.82, 2.24) is 20.3 Å². The molecule has 6 rings (SSSR count). The number of nitrogens with zero attached hydrogens (tertiary/aromatic N) is 3. The smallest absolute Gasteiger partial charge is 0.227 e. The summed E-state index contributed by atoms with van der Waals surface area (Å²) in [5.41, 5.74) is 4.23. The molecule has 2 aromatic heterocycles. The molecule has 39 heavy (non-hydrogen) atoms. The second kappa shape index (κ2) is 9.93.